The number of likely N-dealkylation sites (tertiary alicyclic amines) is 1. The van der Waals surface area contributed by atoms with E-state index in [1.54, 1.807) is 0 Å². The van der Waals surface area contributed by atoms with Crippen LogP contribution in [0.2, 0.25) is 0 Å². The zero-order chi connectivity index (χ0) is 19.6. The van der Waals surface area contributed by atoms with E-state index >= 15 is 0 Å². The lowest BCUT2D eigenvalue weighted by Gasteiger charge is -2.31. The van der Waals surface area contributed by atoms with E-state index in [1.807, 2.05) is 21.5 Å². The first kappa shape index (κ1) is 18.6. The summed E-state index contributed by atoms with van der Waals surface area (Å²) in [7, 11) is 0. The molecular weight excluding hydrogens is 370 g/mol. The normalized spacial score (nSPS) is 23.2. The van der Waals surface area contributed by atoms with Crippen molar-refractivity contribution in [3.8, 4) is 0 Å². The predicted molar refractivity (Wildman–Crippen MR) is 108 cm³/mol. The maximum Gasteiger partial charge on any atom is 0.317 e. The SMILES string of the molecule is O=C(NCC1CCCO1)N1CCC(c2nnc3ccc(N4CCCC4)nn23)CC1. The zero-order valence-corrected chi connectivity index (χ0v) is 16.8. The molecule has 3 saturated heterocycles. The summed E-state index contributed by atoms with van der Waals surface area (Å²) < 4.78 is 7.49. The summed E-state index contributed by atoms with van der Waals surface area (Å²) in [5, 5.41) is 16.6. The van der Waals surface area contributed by atoms with Crippen LogP contribution in [0.25, 0.3) is 5.65 Å². The largest absolute Gasteiger partial charge is 0.376 e. The molecule has 0 bridgehead atoms. The van der Waals surface area contributed by atoms with Gasteiger partial charge in [-0.15, -0.1) is 15.3 Å². The van der Waals surface area contributed by atoms with E-state index in [4.69, 9.17) is 9.84 Å². The molecule has 0 saturated carbocycles. The molecule has 3 aliphatic heterocycles. The van der Waals surface area contributed by atoms with Crippen LogP contribution in [0.1, 0.15) is 50.3 Å². The fourth-order valence-corrected chi connectivity index (χ4v) is 4.62. The molecule has 1 atom stereocenters. The fourth-order valence-electron chi connectivity index (χ4n) is 4.62. The number of hydrogen-bond donors (Lipinski definition) is 1. The molecule has 0 aliphatic carbocycles. The van der Waals surface area contributed by atoms with Gasteiger partial charge in [0.2, 0.25) is 0 Å². The standard InChI is InChI=1S/C20H29N7O2/c28-20(21-14-16-4-3-13-29-16)26-11-7-15(8-12-26)19-23-22-17-5-6-18(24-27(17)19)25-9-1-2-10-25/h5-6,15-16H,1-4,7-14H2,(H,21,28). The van der Waals surface area contributed by atoms with E-state index in [-0.39, 0.29) is 18.1 Å². The zero-order valence-electron chi connectivity index (χ0n) is 16.8. The summed E-state index contributed by atoms with van der Waals surface area (Å²) >= 11 is 0. The van der Waals surface area contributed by atoms with Crippen molar-refractivity contribution in [2.75, 3.05) is 44.2 Å². The van der Waals surface area contributed by atoms with Crippen molar-refractivity contribution >= 4 is 17.5 Å². The van der Waals surface area contributed by atoms with Crippen LogP contribution < -0.4 is 10.2 Å². The van der Waals surface area contributed by atoms with Crippen LogP contribution in [-0.4, -0.2) is 76.2 Å². The Balaban J connectivity index is 1.21. The fraction of sp³-hybridized carbons (Fsp3) is 0.700. The van der Waals surface area contributed by atoms with Crippen molar-refractivity contribution in [2.24, 2.45) is 0 Å². The number of urea groups is 1. The summed E-state index contributed by atoms with van der Waals surface area (Å²) in [5.41, 5.74) is 0.791. The molecule has 1 N–H and O–H groups in total. The van der Waals surface area contributed by atoms with Gasteiger partial charge in [0.05, 0.1) is 6.10 Å². The Labute approximate surface area is 170 Å². The van der Waals surface area contributed by atoms with Crippen molar-refractivity contribution in [1.29, 1.82) is 0 Å². The highest BCUT2D eigenvalue weighted by Gasteiger charge is 2.28. The Morgan fingerprint density at radius 2 is 1.90 bits per heavy atom. The van der Waals surface area contributed by atoms with E-state index in [0.29, 0.717) is 6.54 Å². The Morgan fingerprint density at radius 3 is 2.66 bits per heavy atom. The van der Waals surface area contributed by atoms with E-state index in [9.17, 15) is 4.79 Å². The first-order chi connectivity index (χ1) is 14.3. The summed E-state index contributed by atoms with van der Waals surface area (Å²) in [6.07, 6.45) is 6.51. The lowest BCUT2D eigenvalue weighted by molar-refractivity contribution is 0.108. The monoisotopic (exact) mass is 399 g/mol. The predicted octanol–water partition coefficient (Wildman–Crippen LogP) is 1.79. The lowest BCUT2D eigenvalue weighted by atomic mass is 9.96. The molecule has 0 radical (unpaired) electrons. The van der Waals surface area contributed by atoms with Crippen molar-refractivity contribution in [3.05, 3.63) is 18.0 Å². The lowest BCUT2D eigenvalue weighted by Crippen LogP contribution is -2.46. The van der Waals surface area contributed by atoms with Crippen molar-refractivity contribution < 1.29 is 9.53 Å². The second kappa shape index (κ2) is 8.14. The molecule has 3 aliphatic rings. The second-order valence-electron chi connectivity index (χ2n) is 8.30. The van der Waals surface area contributed by atoms with Gasteiger partial charge in [-0.05, 0) is 50.7 Å². The van der Waals surface area contributed by atoms with Crippen LogP contribution in [0.5, 0.6) is 0 Å². The van der Waals surface area contributed by atoms with Gasteiger partial charge in [-0.2, -0.15) is 4.52 Å². The summed E-state index contributed by atoms with van der Waals surface area (Å²) in [6.45, 7) is 5.00. The molecule has 29 heavy (non-hydrogen) atoms. The first-order valence-corrected chi connectivity index (χ1v) is 10.9. The van der Waals surface area contributed by atoms with Crippen molar-refractivity contribution in [1.82, 2.24) is 30.0 Å². The van der Waals surface area contributed by atoms with Crippen LogP contribution >= 0.6 is 0 Å². The number of aromatic nitrogens is 4. The van der Waals surface area contributed by atoms with Crippen LogP contribution in [0.15, 0.2) is 12.1 Å². The maximum absolute atomic E-state index is 12.5. The Morgan fingerprint density at radius 1 is 1.07 bits per heavy atom. The highest BCUT2D eigenvalue weighted by Crippen LogP contribution is 2.28. The number of anilines is 1. The van der Waals surface area contributed by atoms with Gasteiger partial charge in [0.15, 0.2) is 11.5 Å². The molecule has 0 spiro atoms. The van der Waals surface area contributed by atoms with Crippen LogP contribution in [0.3, 0.4) is 0 Å². The minimum absolute atomic E-state index is 0.0134. The van der Waals surface area contributed by atoms with Crippen LogP contribution in [0, 0.1) is 0 Å². The quantitative estimate of drug-likeness (QED) is 0.843. The van der Waals surface area contributed by atoms with Gasteiger partial charge in [0.25, 0.3) is 0 Å². The molecule has 1 unspecified atom stereocenters. The minimum atomic E-state index is 0.0134. The molecule has 2 amide bonds. The van der Waals surface area contributed by atoms with Crippen molar-refractivity contribution in [3.63, 3.8) is 0 Å². The Bertz CT molecular complexity index is 850. The summed E-state index contributed by atoms with van der Waals surface area (Å²) in [6, 6.07) is 4.06. The number of nitrogens with one attached hydrogen (secondary N) is 1. The van der Waals surface area contributed by atoms with Crippen LogP contribution in [0.4, 0.5) is 10.6 Å². The third-order valence-electron chi connectivity index (χ3n) is 6.36. The number of rotatable bonds is 4. The number of piperidine rings is 1. The number of ether oxygens (including phenoxy) is 1. The second-order valence-corrected chi connectivity index (χ2v) is 8.30. The highest BCUT2D eigenvalue weighted by atomic mass is 16.5. The van der Waals surface area contributed by atoms with Gasteiger partial charge in [0.1, 0.15) is 5.82 Å². The van der Waals surface area contributed by atoms with E-state index in [2.05, 4.69) is 20.4 Å². The molecule has 5 heterocycles. The number of carbonyl (C=O) groups is 1. The van der Waals surface area contributed by atoms with Crippen LogP contribution in [-0.2, 0) is 4.74 Å². The maximum atomic E-state index is 12.5. The number of nitrogens with zero attached hydrogens (tertiary/aromatic N) is 6. The third kappa shape index (κ3) is 3.88. The molecule has 5 rings (SSSR count). The highest BCUT2D eigenvalue weighted by molar-refractivity contribution is 5.74. The van der Waals surface area contributed by atoms with E-state index in [0.717, 1.165) is 75.8 Å². The Hall–Kier alpha value is -2.42. The molecule has 2 aromatic heterocycles. The van der Waals surface area contributed by atoms with E-state index < -0.39 is 0 Å². The molecule has 2 aromatic rings. The van der Waals surface area contributed by atoms with Gasteiger partial charge in [0, 0.05) is 45.2 Å². The average Bonchev–Trinajstić information content (AvgIpc) is 3.53. The van der Waals surface area contributed by atoms with Gasteiger partial charge in [-0.1, -0.05) is 0 Å². The van der Waals surface area contributed by atoms with Gasteiger partial charge in [-0.3, -0.25) is 0 Å². The summed E-state index contributed by atoms with van der Waals surface area (Å²) in [5.74, 6) is 2.19. The third-order valence-corrected chi connectivity index (χ3v) is 6.36. The summed E-state index contributed by atoms with van der Waals surface area (Å²) in [4.78, 5) is 16.7. The van der Waals surface area contributed by atoms with Gasteiger partial charge in [-0.25, -0.2) is 4.79 Å². The van der Waals surface area contributed by atoms with Gasteiger partial charge >= 0.3 is 6.03 Å². The molecule has 9 nitrogen and oxygen atoms in total. The number of amides is 2. The molecule has 0 aromatic carbocycles. The van der Waals surface area contributed by atoms with Gasteiger partial charge < -0.3 is 19.9 Å². The number of fused-ring (bicyclic) bond motifs is 1. The molecule has 3 fully saturated rings. The molecular formula is C20H29N7O2. The average molecular weight is 399 g/mol. The molecule has 9 heteroatoms. The number of carbonyl (C=O) groups excluding carboxylic acids is 1. The Kier molecular flexibility index (Phi) is 5.22. The smallest absolute Gasteiger partial charge is 0.317 e. The van der Waals surface area contributed by atoms with Crippen molar-refractivity contribution in [2.45, 2.75) is 50.5 Å². The minimum Gasteiger partial charge on any atom is -0.376 e. The number of hydrogen-bond acceptors (Lipinski definition) is 6. The van der Waals surface area contributed by atoms with E-state index in [1.165, 1.54) is 12.8 Å². The first-order valence-electron chi connectivity index (χ1n) is 10.9. The molecule has 156 valence electrons. The topological polar surface area (TPSA) is 87.9 Å².